The molecule has 4 aliphatic rings. The number of anilines is 1. The molecule has 8 nitrogen and oxygen atoms in total. The summed E-state index contributed by atoms with van der Waals surface area (Å²) in [6.07, 6.45) is 7.02. The number of ether oxygens (including phenoxy) is 2. The van der Waals surface area contributed by atoms with Crippen LogP contribution >= 0.6 is 24.8 Å². The van der Waals surface area contributed by atoms with Crippen molar-refractivity contribution in [3.63, 3.8) is 0 Å². The summed E-state index contributed by atoms with van der Waals surface area (Å²) < 4.78 is 10.8. The molecule has 1 amide bonds. The number of likely N-dealkylation sites (tertiary alicyclic amines) is 1. The zero-order valence-electron chi connectivity index (χ0n) is 24.2. The predicted molar refractivity (Wildman–Crippen MR) is 163 cm³/mol. The molecule has 0 N–H and O–H groups in total. The van der Waals surface area contributed by atoms with Gasteiger partial charge in [0.25, 0.3) is 0 Å². The van der Waals surface area contributed by atoms with Gasteiger partial charge in [-0.25, -0.2) is 0 Å². The highest BCUT2D eigenvalue weighted by molar-refractivity contribution is 5.85. The van der Waals surface area contributed by atoms with Crippen molar-refractivity contribution in [3.05, 3.63) is 24.3 Å². The number of methoxy groups -OCH3 is 1. The van der Waals surface area contributed by atoms with Crippen molar-refractivity contribution < 1.29 is 19.1 Å². The molecule has 226 valence electrons. The Labute approximate surface area is 252 Å². The van der Waals surface area contributed by atoms with Crippen molar-refractivity contribution in [3.8, 4) is 5.75 Å². The zero-order chi connectivity index (χ0) is 26.5. The first kappa shape index (κ1) is 32.8. The average molecular weight is 600 g/mol. The smallest absolute Gasteiger partial charge is 0.305 e. The van der Waals surface area contributed by atoms with Crippen LogP contribution in [0.4, 0.5) is 5.69 Å². The van der Waals surface area contributed by atoms with Gasteiger partial charge < -0.3 is 19.3 Å². The zero-order valence-corrected chi connectivity index (χ0v) is 25.8. The first-order valence-electron chi connectivity index (χ1n) is 14.9. The first-order valence-corrected chi connectivity index (χ1v) is 14.9. The van der Waals surface area contributed by atoms with Gasteiger partial charge in [-0.3, -0.25) is 19.4 Å². The van der Waals surface area contributed by atoms with E-state index in [1.54, 1.807) is 7.11 Å². The van der Waals surface area contributed by atoms with Crippen LogP contribution in [0.15, 0.2) is 24.3 Å². The van der Waals surface area contributed by atoms with E-state index in [4.69, 9.17) is 9.47 Å². The Kier molecular flexibility index (Phi) is 12.7. The van der Waals surface area contributed by atoms with Gasteiger partial charge in [0.05, 0.1) is 25.9 Å². The summed E-state index contributed by atoms with van der Waals surface area (Å²) in [5.41, 5.74) is 1.13. The summed E-state index contributed by atoms with van der Waals surface area (Å²) in [6.45, 7) is 9.58. The minimum Gasteiger partial charge on any atom is -0.495 e. The van der Waals surface area contributed by atoms with Crippen molar-refractivity contribution in [2.45, 2.75) is 64.0 Å². The number of hydrogen-bond donors (Lipinski definition) is 0. The van der Waals surface area contributed by atoms with E-state index in [-0.39, 0.29) is 42.7 Å². The number of esters is 1. The third-order valence-electron chi connectivity index (χ3n) is 9.34. The van der Waals surface area contributed by atoms with E-state index in [0.717, 1.165) is 57.0 Å². The number of rotatable bonds is 9. The molecule has 1 aromatic rings. The number of benzene rings is 1. The Morgan fingerprint density at radius 3 is 2.42 bits per heavy atom. The highest BCUT2D eigenvalue weighted by Gasteiger charge is 2.49. The Balaban J connectivity index is 0.00000220. The average Bonchev–Trinajstić information content (AvgIpc) is 2.94. The molecule has 10 heteroatoms. The number of amides is 1. The minimum atomic E-state index is -0.116. The minimum absolute atomic E-state index is 0. The summed E-state index contributed by atoms with van der Waals surface area (Å²) >= 11 is 0. The molecule has 0 aliphatic carbocycles. The predicted octanol–water partition coefficient (Wildman–Crippen LogP) is 4.10. The molecule has 4 fully saturated rings. The lowest BCUT2D eigenvalue weighted by atomic mass is 9.69. The maximum absolute atomic E-state index is 13.9. The molecule has 4 atom stereocenters. The molecule has 4 unspecified atom stereocenters. The van der Waals surface area contributed by atoms with Crippen LogP contribution < -0.4 is 9.64 Å². The van der Waals surface area contributed by atoms with E-state index >= 15 is 0 Å². The second-order valence-corrected chi connectivity index (χ2v) is 11.5. The van der Waals surface area contributed by atoms with Gasteiger partial charge in [0.1, 0.15) is 5.75 Å². The summed E-state index contributed by atoms with van der Waals surface area (Å²) in [7, 11) is 1.72. The van der Waals surface area contributed by atoms with Crippen molar-refractivity contribution in [1.29, 1.82) is 0 Å². The van der Waals surface area contributed by atoms with Crippen LogP contribution in [0.1, 0.15) is 51.9 Å². The molecule has 40 heavy (non-hydrogen) atoms. The first-order chi connectivity index (χ1) is 18.6. The number of hydrogen-bond acceptors (Lipinski definition) is 7. The van der Waals surface area contributed by atoms with Crippen LogP contribution in [0.5, 0.6) is 5.75 Å². The lowest BCUT2D eigenvalue weighted by Gasteiger charge is -2.57. The van der Waals surface area contributed by atoms with Crippen LogP contribution in [0.25, 0.3) is 0 Å². The van der Waals surface area contributed by atoms with Gasteiger partial charge in [-0.1, -0.05) is 12.1 Å². The number of nitrogens with zero attached hydrogens (tertiary/aromatic N) is 4. The van der Waals surface area contributed by atoms with Gasteiger partial charge in [-0.2, -0.15) is 0 Å². The van der Waals surface area contributed by atoms with Crippen molar-refractivity contribution in [2.75, 3.05) is 71.0 Å². The third kappa shape index (κ3) is 7.36. The third-order valence-corrected chi connectivity index (χ3v) is 9.34. The monoisotopic (exact) mass is 598 g/mol. The Hall–Kier alpha value is -1.74. The van der Waals surface area contributed by atoms with E-state index in [0.29, 0.717) is 37.5 Å². The molecule has 0 saturated carbocycles. The molecule has 4 saturated heterocycles. The number of para-hydroxylation sites is 2. The Morgan fingerprint density at radius 1 is 0.975 bits per heavy atom. The van der Waals surface area contributed by atoms with Crippen LogP contribution in [0.3, 0.4) is 0 Å². The quantitative estimate of drug-likeness (QED) is 0.396. The normalized spacial score (nSPS) is 26.6. The molecule has 0 spiro atoms. The number of halogens is 2. The number of carbonyl (C=O) groups is 2. The van der Waals surface area contributed by atoms with Gasteiger partial charge in [0.15, 0.2) is 0 Å². The maximum atomic E-state index is 13.9. The van der Waals surface area contributed by atoms with Gasteiger partial charge in [-0.15, -0.1) is 24.8 Å². The molecule has 4 aliphatic heterocycles. The topological polar surface area (TPSA) is 65.6 Å². The summed E-state index contributed by atoms with van der Waals surface area (Å²) in [6, 6.07) is 9.02. The fraction of sp³-hybridized carbons (Fsp3) is 0.733. The van der Waals surface area contributed by atoms with Crippen molar-refractivity contribution >= 4 is 42.4 Å². The number of carbonyl (C=O) groups excluding carboxylic acids is 2. The molecule has 0 aromatic heterocycles. The van der Waals surface area contributed by atoms with E-state index in [2.05, 4.69) is 31.7 Å². The second-order valence-electron chi connectivity index (χ2n) is 11.5. The van der Waals surface area contributed by atoms with Crippen LogP contribution in [-0.2, 0) is 14.3 Å². The van der Waals surface area contributed by atoms with E-state index in [1.807, 2.05) is 19.1 Å². The lowest BCUT2D eigenvalue weighted by Crippen LogP contribution is -2.66. The van der Waals surface area contributed by atoms with Crippen LogP contribution in [-0.4, -0.2) is 105 Å². The molecular weight excluding hydrogens is 551 g/mol. The highest BCUT2D eigenvalue weighted by Crippen LogP contribution is 2.43. The molecule has 4 heterocycles. The van der Waals surface area contributed by atoms with Gasteiger partial charge in [0, 0.05) is 51.2 Å². The summed E-state index contributed by atoms with van der Waals surface area (Å²) in [4.78, 5) is 35.6. The SMILES string of the molecule is CCOC(=O)CCCC1C2CCCN3CCCC(CN1C(=O)CN1CCN(c4ccccc4OC)CC1)C23.Cl.Cl. The lowest BCUT2D eigenvalue weighted by molar-refractivity contribution is -0.148. The molecule has 0 radical (unpaired) electrons. The Morgan fingerprint density at radius 2 is 1.70 bits per heavy atom. The van der Waals surface area contributed by atoms with E-state index in [9.17, 15) is 9.59 Å². The van der Waals surface area contributed by atoms with Crippen molar-refractivity contribution in [2.24, 2.45) is 11.8 Å². The largest absolute Gasteiger partial charge is 0.495 e. The van der Waals surface area contributed by atoms with Crippen molar-refractivity contribution in [1.82, 2.24) is 14.7 Å². The fourth-order valence-corrected chi connectivity index (χ4v) is 7.66. The molecule has 1 aromatic carbocycles. The van der Waals surface area contributed by atoms with Gasteiger partial charge in [0.2, 0.25) is 5.91 Å². The maximum Gasteiger partial charge on any atom is 0.305 e. The number of piperidine rings is 3. The summed E-state index contributed by atoms with van der Waals surface area (Å²) in [5, 5.41) is 0. The molecule has 5 rings (SSSR count). The second kappa shape index (κ2) is 15.5. The molecular formula is C30H48Cl2N4O4. The van der Waals surface area contributed by atoms with Crippen LogP contribution in [0.2, 0.25) is 0 Å². The summed E-state index contributed by atoms with van der Waals surface area (Å²) in [5.74, 6) is 2.17. The van der Waals surface area contributed by atoms with E-state index in [1.165, 1.54) is 38.8 Å². The molecule has 0 bridgehead atoms. The standard InChI is InChI=1S/C30H46N4O4.2ClH/c1-3-38-29(36)14-6-12-25-24-10-8-16-33-15-7-9-23(30(24)33)21-34(25)28(35)22-31-17-19-32(20-18-31)26-11-4-5-13-27(26)37-2;;/h4-5,11,13,23-25,30H,3,6-10,12,14-22H2,1-2H3;2*1H. The highest BCUT2D eigenvalue weighted by atomic mass is 35.5. The Bertz CT molecular complexity index is 959. The fourth-order valence-electron chi connectivity index (χ4n) is 7.66. The van der Waals surface area contributed by atoms with Gasteiger partial charge in [-0.05, 0) is 82.5 Å². The van der Waals surface area contributed by atoms with Crippen LogP contribution in [0, 0.1) is 11.8 Å². The number of piperazine rings is 1. The van der Waals surface area contributed by atoms with E-state index < -0.39 is 0 Å². The van der Waals surface area contributed by atoms with Gasteiger partial charge >= 0.3 is 5.97 Å².